The molecule has 2 aromatic rings. The molecule has 0 unspecified atom stereocenters. The first-order chi connectivity index (χ1) is 12.7. The molecule has 2 saturated heterocycles. The summed E-state index contributed by atoms with van der Waals surface area (Å²) in [6.07, 6.45) is 6.23. The molecule has 5 heteroatoms. The number of carbonyl (C=O) groups is 1. The van der Waals surface area contributed by atoms with Crippen molar-refractivity contribution in [3.63, 3.8) is 0 Å². The van der Waals surface area contributed by atoms with Crippen molar-refractivity contribution >= 4 is 17.5 Å². The fraction of sp³-hybridized carbons (Fsp3) is 0.429. The number of rotatable bonds is 3. The van der Waals surface area contributed by atoms with Gasteiger partial charge in [0.1, 0.15) is 0 Å². The number of hydrogen-bond acceptors (Lipinski definition) is 3. The average Bonchev–Trinajstić information content (AvgIpc) is 3.34. The van der Waals surface area contributed by atoms with E-state index >= 15 is 0 Å². The van der Waals surface area contributed by atoms with E-state index < -0.39 is 0 Å². The quantitative estimate of drug-likeness (QED) is 0.895. The van der Waals surface area contributed by atoms with Crippen molar-refractivity contribution in [3.8, 4) is 0 Å². The van der Waals surface area contributed by atoms with E-state index in [-0.39, 0.29) is 12.1 Å². The van der Waals surface area contributed by atoms with Crippen LogP contribution in [0.2, 0.25) is 0 Å². The topological polar surface area (TPSA) is 48.5 Å². The van der Waals surface area contributed by atoms with Crippen molar-refractivity contribution < 1.29 is 4.79 Å². The number of pyridine rings is 1. The van der Waals surface area contributed by atoms with Gasteiger partial charge in [-0.2, -0.15) is 0 Å². The number of urea groups is 1. The molecule has 26 heavy (non-hydrogen) atoms. The zero-order valence-electron chi connectivity index (χ0n) is 15.3. The van der Waals surface area contributed by atoms with Crippen LogP contribution in [-0.2, 0) is 0 Å². The van der Waals surface area contributed by atoms with Gasteiger partial charge in [-0.3, -0.25) is 0 Å². The molecule has 4 rings (SSSR count). The molecule has 1 aromatic carbocycles. The predicted molar refractivity (Wildman–Crippen MR) is 105 cm³/mol. The maximum Gasteiger partial charge on any atom is 0.322 e. The molecule has 5 nitrogen and oxygen atoms in total. The van der Waals surface area contributed by atoms with Gasteiger partial charge < -0.3 is 15.1 Å². The number of benzene rings is 1. The largest absolute Gasteiger partial charge is 0.355 e. The van der Waals surface area contributed by atoms with E-state index in [2.05, 4.69) is 46.4 Å². The second kappa shape index (κ2) is 7.36. The van der Waals surface area contributed by atoms with Crippen molar-refractivity contribution in [2.75, 3.05) is 29.9 Å². The maximum absolute atomic E-state index is 13.0. The van der Waals surface area contributed by atoms with Gasteiger partial charge in [0.2, 0.25) is 0 Å². The number of carbonyl (C=O) groups excluding carboxylic acids is 1. The third-order valence-electron chi connectivity index (χ3n) is 5.50. The van der Waals surface area contributed by atoms with Crippen LogP contribution in [0.15, 0.2) is 42.6 Å². The molecule has 0 radical (unpaired) electrons. The maximum atomic E-state index is 13.0. The minimum Gasteiger partial charge on any atom is -0.355 e. The second-order valence-corrected chi connectivity index (χ2v) is 7.21. The van der Waals surface area contributed by atoms with E-state index in [0.29, 0.717) is 0 Å². The van der Waals surface area contributed by atoms with Crippen LogP contribution >= 0.6 is 0 Å². The molecule has 2 fully saturated rings. The number of nitrogens with zero attached hydrogens (tertiary/aromatic N) is 3. The first-order valence-electron chi connectivity index (χ1n) is 9.57. The van der Waals surface area contributed by atoms with E-state index in [9.17, 15) is 4.79 Å². The Morgan fingerprint density at radius 2 is 1.88 bits per heavy atom. The molecule has 3 heterocycles. The van der Waals surface area contributed by atoms with Gasteiger partial charge in [0, 0.05) is 25.8 Å². The van der Waals surface area contributed by atoms with Crippen LogP contribution in [0.1, 0.15) is 42.9 Å². The molecule has 1 N–H and O–H groups in total. The van der Waals surface area contributed by atoms with Gasteiger partial charge in [-0.05, 0) is 55.9 Å². The van der Waals surface area contributed by atoms with Crippen molar-refractivity contribution in [3.05, 3.63) is 53.7 Å². The van der Waals surface area contributed by atoms with Crippen LogP contribution in [0, 0.1) is 6.92 Å². The molecular formula is C21H26N4O. The normalized spacial score (nSPS) is 19.8. The lowest BCUT2D eigenvalue weighted by atomic mass is 9.99. The van der Waals surface area contributed by atoms with Crippen molar-refractivity contribution in [2.24, 2.45) is 0 Å². The van der Waals surface area contributed by atoms with Gasteiger partial charge in [-0.1, -0.05) is 24.3 Å². The van der Waals surface area contributed by atoms with Crippen LogP contribution in [0.4, 0.5) is 16.3 Å². The van der Waals surface area contributed by atoms with Crippen molar-refractivity contribution in [1.82, 2.24) is 9.88 Å². The summed E-state index contributed by atoms with van der Waals surface area (Å²) in [5, 5.41) is 3.13. The summed E-state index contributed by atoms with van der Waals surface area (Å²) in [7, 11) is 0. The minimum absolute atomic E-state index is 0.0239. The Morgan fingerprint density at radius 3 is 2.69 bits per heavy atom. The third kappa shape index (κ3) is 3.26. The summed E-state index contributed by atoms with van der Waals surface area (Å²) in [5.74, 6) is 0.894. The Hall–Kier alpha value is -2.56. The molecule has 2 amide bonds. The molecule has 0 spiro atoms. The predicted octanol–water partition coefficient (Wildman–Crippen LogP) is 4.36. The van der Waals surface area contributed by atoms with Gasteiger partial charge in [0.15, 0.2) is 5.82 Å². The monoisotopic (exact) mass is 350 g/mol. The van der Waals surface area contributed by atoms with Gasteiger partial charge in [0.25, 0.3) is 0 Å². The summed E-state index contributed by atoms with van der Waals surface area (Å²) in [5.41, 5.74) is 3.32. The summed E-state index contributed by atoms with van der Waals surface area (Å²) in [4.78, 5) is 21.8. The lowest BCUT2D eigenvalue weighted by molar-refractivity contribution is 0.207. The fourth-order valence-corrected chi connectivity index (χ4v) is 4.16. The second-order valence-electron chi connectivity index (χ2n) is 7.21. The van der Waals surface area contributed by atoms with Crippen LogP contribution in [0.3, 0.4) is 0 Å². The zero-order chi connectivity index (χ0) is 17.9. The minimum atomic E-state index is -0.0239. The highest BCUT2D eigenvalue weighted by Gasteiger charge is 2.31. The molecule has 1 atom stereocenters. The van der Waals surface area contributed by atoms with E-state index in [4.69, 9.17) is 0 Å². The third-order valence-corrected chi connectivity index (χ3v) is 5.50. The van der Waals surface area contributed by atoms with Crippen LogP contribution in [0.5, 0.6) is 0 Å². The number of amides is 2. The van der Waals surface area contributed by atoms with E-state index in [1.807, 2.05) is 17.0 Å². The number of anilines is 2. The van der Waals surface area contributed by atoms with E-state index in [0.717, 1.165) is 44.0 Å². The Kier molecular flexibility index (Phi) is 4.78. The van der Waals surface area contributed by atoms with Crippen LogP contribution < -0.4 is 10.2 Å². The Labute approximate surface area is 155 Å². The first-order valence-corrected chi connectivity index (χ1v) is 9.57. The highest BCUT2D eigenvalue weighted by Crippen LogP contribution is 2.34. The smallest absolute Gasteiger partial charge is 0.322 e. The van der Waals surface area contributed by atoms with E-state index in [1.165, 1.54) is 24.0 Å². The lowest BCUT2D eigenvalue weighted by Crippen LogP contribution is -2.35. The molecule has 0 bridgehead atoms. The Balaban J connectivity index is 1.54. The molecule has 1 aromatic heterocycles. The first kappa shape index (κ1) is 16.9. The van der Waals surface area contributed by atoms with Crippen molar-refractivity contribution in [1.29, 1.82) is 0 Å². The molecule has 0 saturated carbocycles. The number of aromatic nitrogens is 1. The summed E-state index contributed by atoms with van der Waals surface area (Å²) >= 11 is 0. The molecule has 0 aliphatic carbocycles. The summed E-state index contributed by atoms with van der Waals surface area (Å²) in [6.45, 7) is 4.94. The van der Waals surface area contributed by atoms with Crippen molar-refractivity contribution in [2.45, 2.75) is 38.6 Å². The lowest BCUT2D eigenvalue weighted by Gasteiger charge is -2.27. The molecule has 136 valence electrons. The van der Waals surface area contributed by atoms with Gasteiger partial charge in [0.05, 0.1) is 11.7 Å². The summed E-state index contributed by atoms with van der Waals surface area (Å²) in [6, 6.07) is 12.4. The SMILES string of the molecule is Cc1ccccc1[C@H]1CCCN1C(=O)Nc1cccnc1N1CCCC1. The van der Waals surface area contributed by atoms with E-state index in [1.54, 1.807) is 6.20 Å². The molecule has 2 aliphatic heterocycles. The number of nitrogens with one attached hydrogen (secondary N) is 1. The van der Waals surface area contributed by atoms with Crippen LogP contribution in [0.25, 0.3) is 0 Å². The van der Waals surface area contributed by atoms with Gasteiger partial charge in [-0.15, -0.1) is 0 Å². The number of likely N-dealkylation sites (tertiary alicyclic amines) is 1. The molecular weight excluding hydrogens is 324 g/mol. The Morgan fingerprint density at radius 1 is 1.08 bits per heavy atom. The number of aryl methyl sites for hydroxylation is 1. The molecule has 2 aliphatic rings. The highest BCUT2D eigenvalue weighted by atomic mass is 16.2. The highest BCUT2D eigenvalue weighted by molar-refractivity contribution is 5.93. The fourth-order valence-electron chi connectivity index (χ4n) is 4.16. The van der Waals surface area contributed by atoms with Gasteiger partial charge >= 0.3 is 6.03 Å². The number of hydrogen-bond donors (Lipinski definition) is 1. The average molecular weight is 350 g/mol. The van der Waals surface area contributed by atoms with Crippen LogP contribution in [-0.4, -0.2) is 35.5 Å². The zero-order valence-corrected chi connectivity index (χ0v) is 15.3. The van der Waals surface area contributed by atoms with Gasteiger partial charge in [-0.25, -0.2) is 9.78 Å². The summed E-state index contributed by atoms with van der Waals surface area (Å²) < 4.78 is 0. The Bertz CT molecular complexity index is 785. The standard InChI is InChI=1S/C21H26N4O/c1-16-8-2-3-9-17(16)19-11-7-15-25(19)21(26)23-18-10-6-12-22-20(18)24-13-4-5-14-24/h2-3,6,8-10,12,19H,4-5,7,11,13-15H2,1H3,(H,23,26)/t19-/m1/s1.